The van der Waals surface area contributed by atoms with Crippen LogP contribution in [0.15, 0.2) is 18.3 Å². The van der Waals surface area contributed by atoms with E-state index in [-0.39, 0.29) is 5.91 Å². The molecule has 1 aromatic heterocycles. The monoisotopic (exact) mass is 220 g/mol. The Morgan fingerprint density at radius 3 is 2.94 bits per heavy atom. The van der Waals surface area contributed by atoms with Crippen molar-refractivity contribution in [1.29, 1.82) is 0 Å². The van der Waals surface area contributed by atoms with E-state index in [1.54, 1.807) is 18.3 Å². The van der Waals surface area contributed by atoms with Gasteiger partial charge in [0.1, 0.15) is 5.69 Å². The molecule has 5 nitrogen and oxygen atoms in total. The molecule has 2 heterocycles. The minimum Gasteiger partial charge on any atom is -0.335 e. The van der Waals surface area contributed by atoms with E-state index >= 15 is 0 Å². The maximum atomic E-state index is 12.1. The fraction of sp³-hybridized carbons (Fsp3) is 0.455. The Morgan fingerprint density at radius 2 is 2.44 bits per heavy atom. The molecular formula is C11H16N4O. The molecule has 0 aromatic carbocycles. The van der Waals surface area contributed by atoms with Crippen LogP contribution in [0.1, 0.15) is 30.3 Å². The van der Waals surface area contributed by atoms with Crippen molar-refractivity contribution in [3.05, 3.63) is 24.0 Å². The normalized spacial score (nSPS) is 19.9. The third kappa shape index (κ3) is 1.99. The van der Waals surface area contributed by atoms with Crippen LogP contribution in [-0.2, 0) is 0 Å². The zero-order valence-corrected chi connectivity index (χ0v) is 9.31. The van der Waals surface area contributed by atoms with Crippen molar-refractivity contribution in [1.82, 2.24) is 9.88 Å². The first-order valence-electron chi connectivity index (χ1n) is 5.46. The molecule has 1 aliphatic heterocycles. The van der Waals surface area contributed by atoms with Gasteiger partial charge in [0.05, 0.1) is 11.9 Å². The molecular weight excluding hydrogens is 204 g/mol. The zero-order valence-electron chi connectivity index (χ0n) is 9.31. The fourth-order valence-corrected chi connectivity index (χ4v) is 1.99. The molecule has 1 aromatic rings. The van der Waals surface area contributed by atoms with Gasteiger partial charge >= 0.3 is 0 Å². The van der Waals surface area contributed by atoms with Gasteiger partial charge in [0.15, 0.2) is 0 Å². The van der Waals surface area contributed by atoms with Crippen LogP contribution in [0.4, 0.5) is 5.69 Å². The zero-order chi connectivity index (χ0) is 11.5. The molecule has 86 valence electrons. The Labute approximate surface area is 94.6 Å². The lowest BCUT2D eigenvalue weighted by atomic mass is 10.2. The van der Waals surface area contributed by atoms with E-state index in [2.05, 4.69) is 17.3 Å². The lowest BCUT2D eigenvalue weighted by Gasteiger charge is -2.20. The number of nitrogens with zero attached hydrogens (tertiary/aromatic N) is 2. The number of likely N-dealkylation sites (tertiary alicyclic amines) is 1. The predicted octanol–water partition coefficient (Wildman–Crippen LogP) is 0.992. The number of carbonyl (C=O) groups is 1. The average molecular weight is 220 g/mol. The summed E-state index contributed by atoms with van der Waals surface area (Å²) in [6.45, 7) is 2.90. The van der Waals surface area contributed by atoms with Crippen molar-refractivity contribution < 1.29 is 4.79 Å². The second-order valence-electron chi connectivity index (χ2n) is 4.07. The highest BCUT2D eigenvalue weighted by atomic mass is 16.2. The van der Waals surface area contributed by atoms with Crippen LogP contribution in [0.3, 0.4) is 0 Å². The molecule has 1 unspecified atom stereocenters. The van der Waals surface area contributed by atoms with Gasteiger partial charge in [-0.25, -0.2) is 4.98 Å². The summed E-state index contributed by atoms with van der Waals surface area (Å²) in [6.07, 6.45) is 3.72. The Morgan fingerprint density at radius 1 is 1.62 bits per heavy atom. The Hall–Kier alpha value is -1.62. The van der Waals surface area contributed by atoms with Gasteiger partial charge in [0.25, 0.3) is 5.91 Å². The predicted molar refractivity (Wildman–Crippen MR) is 61.8 cm³/mol. The molecule has 3 N–H and O–H groups in total. The van der Waals surface area contributed by atoms with Gasteiger partial charge in [-0.1, -0.05) is 0 Å². The maximum Gasteiger partial charge on any atom is 0.272 e. The van der Waals surface area contributed by atoms with Gasteiger partial charge in [-0.2, -0.15) is 0 Å². The number of nitrogens with one attached hydrogen (secondary N) is 1. The second-order valence-corrected chi connectivity index (χ2v) is 4.07. The first-order chi connectivity index (χ1) is 7.72. The number of carbonyl (C=O) groups excluding carboxylic acids is 1. The highest BCUT2D eigenvalue weighted by molar-refractivity contribution is 5.92. The number of hydrazine groups is 1. The number of anilines is 1. The molecule has 1 aliphatic rings. The highest BCUT2D eigenvalue weighted by Crippen LogP contribution is 2.19. The van der Waals surface area contributed by atoms with Gasteiger partial charge in [0, 0.05) is 12.6 Å². The van der Waals surface area contributed by atoms with Crippen LogP contribution in [-0.4, -0.2) is 28.4 Å². The number of aromatic nitrogens is 1. The van der Waals surface area contributed by atoms with Crippen molar-refractivity contribution in [2.75, 3.05) is 12.0 Å². The van der Waals surface area contributed by atoms with E-state index in [1.165, 1.54) is 0 Å². The smallest absolute Gasteiger partial charge is 0.272 e. The first-order valence-corrected chi connectivity index (χ1v) is 5.46. The van der Waals surface area contributed by atoms with E-state index in [9.17, 15) is 4.79 Å². The third-order valence-electron chi connectivity index (χ3n) is 2.96. The first kappa shape index (κ1) is 10.9. The van der Waals surface area contributed by atoms with Crippen LogP contribution in [0, 0.1) is 0 Å². The van der Waals surface area contributed by atoms with E-state index in [1.807, 2.05) is 4.90 Å². The number of rotatable bonds is 2. The van der Waals surface area contributed by atoms with Crippen LogP contribution in [0.5, 0.6) is 0 Å². The Kier molecular flexibility index (Phi) is 3.05. The minimum absolute atomic E-state index is 0.00794. The Bertz CT molecular complexity index is 376. The van der Waals surface area contributed by atoms with Gasteiger partial charge in [-0.05, 0) is 31.9 Å². The van der Waals surface area contributed by atoms with E-state index < -0.39 is 0 Å². The minimum atomic E-state index is 0.00794. The van der Waals surface area contributed by atoms with Crippen LogP contribution in [0.25, 0.3) is 0 Å². The summed E-state index contributed by atoms with van der Waals surface area (Å²) in [7, 11) is 0. The number of nitrogens with two attached hydrogens (primary N) is 1. The number of pyridine rings is 1. The van der Waals surface area contributed by atoms with Gasteiger partial charge < -0.3 is 10.3 Å². The van der Waals surface area contributed by atoms with Crippen LogP contribution in [0.2, 0.25) is 0 Å². The number of amides is 1. The molecule has 0 radical (unpaired) electrons. The summed E-state index contributed by atoms with van der Waals surface area (Å²) in [5.74, 6) is 5.24. The SMILES string of the molecule is CC1CCCN1C(=O)c1ccc(NN)cn1. The lowest BCUT2D eigenvalue weighted by Crippen LogP contribution is -2.34. The van der Waals surface area contributed by atoms with Crippen LogP contribution >= 0.6 is 0 Å². The van der Waals surface area contributed by atoms with E-state index in [0.717, 1.165) is 19.4 Å². The molecule has 0 bridgehead atoms. The topological polar surface area (TPSA) is 71.2 Å². The fourth-order valence-electron chi connectivity index (χ4n) is 1.99. The standard InChI is InChI=1S/C11H16N4O/c1-8-3-2-6-15(8)11(16)10-5-4-9(14-12)7-13-10/h4-5,7-8,14H,2-3,6,12H2,1H3. The number of hydrogen-bond donors (Lipinski definition) is 2. The molecule has 1 amide bonds. The number of nitrogen functional groups attached to an aromatic ring is 1. The summed E-state index contributed by atoms with van der Waals surface area (Å²) in [5, 5.41) is 0. The summed E-state index contributed by atoms with van der Waals surface area (Å²) in [6, 6.07) is 3.77. The molecule has 0 saturated carbocycles. The summed E-state index contributed by atoms with van der Waals surface area (Å²) < 4.78 is 0. The van der Waals surface area contributed by atoms with Crippen molar-refractivity contribution in [3.63, 3.8) is 0 Å². The molecule has 1 saturated heterocycles. The molecule has 5 heteroatoms. The summed E-state index contributed by atoms with van der Waals surface area (Å²) in [4.78, 5) is 18.0. The second kappa shape index (κ2) is 4.49. The third-order valence-corrected chi connectivity index (χ3v) is 2.96. The number of hydrogen-bond acceptors (Lipinski definition) is 4. The van der Waals surface area contributed by atoms with Crippen molar-refractivity contribution in [2.45, 2.75) is 25.8 Å². The summed E-state index contributed by atoms with van der Waals surface area (Å²) >= 11 is 0. The van der Waals surface area contributed by atoms with Crippen LogP contribution < -0.4 is 11.3 Å². The quantitative estimate of drug-likeness (QED) is 0.576. The lowest BCUT2D eigenvalue weighted by molar-refractivity contribution is 0.0741. The van der Waals surface area contributed by atoms with Gasteiger partial charge in [0.2, 0.25) is 0 Å². The maximum absolute atomic E-state index is 12.1. The molecule has 2 rings (SSSR count). The van der Waals surface area contributed by atoms with Crippen molar-refractivity contribution in [3.8, 4) is 0 Å². The largest absolute Gasteiger partial charge is 0.335 e. The molecule has 16 heavy (non-hydrogen) atoms. The van der Waals surface area contributed by atoms with E-state index in [4.69, 9.17) is 5.84 Å². The van der Waals surface area contributed by atoms with Crippen molar-refractivity contribution in [2.24, 2.45) is 5.84 Å². The highest BCUT2D eigenvalue weighted by Gasteiger charge is 2.26. The molecule has 1 atom stereocenters. The Balaban J connectivity index is 2.14. The van der Waals surface area contributed by atoms with Gasteiger partial charge in [-0.3, -0.25) is 10.6 Å². The van der Waals surface area contributed by atoms with Gasteiger partial charge in [-0.15, -0.1) is 0 Å². The molecule has 1 fully saturated rings. The molecule has 0 aliphatic carbocycles. The summed E-state index contributed by atoms with van der Waals surface area (Å²) in [5.41, 5.74) is 3.66. The van der Waals surface area contributed by atoms with E-state index in [0.29, 0.717) is 17.4 Å². The molecule has 0 spiro atoms. The van der Waals surface area contributed by atoms with Crippen molar-refractivity contribution >= 4 is 11.6 Å². The average Bonchev–Trinajstić information content (AvgIpc) is 2.75.